The first kappa shape index (κ1) is 12.8. The lowest BCUT2D eigenvalue weighted by atomic mass is 10.1. The van der Waals surface area contributed by atoms with Crippen LogP contribution < -0.4 is 0 Å². The van der Waals surface area contributed by atoms with Crippen molar-refractivity contribution in [3.63, 3.8) is 0 Å². The third-order valence-electron chi connectivity index (χ3n) is 3.11. The number of thioether (sulfide) groups is 1. The molecule has 0 amide bonds. The van der Waals surface area contributed by atoms with Gasteiger partial charge < -0.3 is 10.0 Å². The summed E-state index contributed by atoms with van der Waals surface area (Å²) < 4.78 is 0. The van der Waals surface area contributed by atoms with Crippen LogP contribution in [-0.4, -0.2) is 23.3 Å². The minimum Gasteiger partial charge on any atom is -0.505 e. The van der Waals surface area contributed by atoms with Crippen molar-refractivity contribution in [2.75, 3.05) is 7.05 Å². The summed E-state index contributed by atoms with van der Waals surface area (Å²) in [5, 5.41) is 11.1. The van der Waals surface area contributed by atoms with E-state index in [0.29, 0.717) is 11.1 Å². The first-order valence-electron chi connectivity index (χ1n) is 5.63. The third-order valence-corrected chi connectivity index (χ3v) is 4.37. The van der Waals surface area contributed by atoms with Crippen LogP contribution in [0.1, 0.15) is 29.8 Å². The molecule has 1 heterocycles. The van der Waals surface area contributed by atoms with Crippen LogP contribution >= 0.6 is 11.8 Å². The quantitative estimate of drug-likeness (QED) is 0.652. The molecule has 0 aromatic heterocycles. The van der Waals surface area contributed by atoms with Gasteiger partial charge in [-0.3, -0.25) is 4.79 Å². The Bertz CT molecular complexity index is 561. The molecule has 1 aromatic carbocycles. The summed E-state index contributed by atoms with van der Waals surface area (Å²) in [5.41, 5.74) is 2.19. The number of hydrogen-bond donors (Lipinski definition) is 1. The van der Waals surface area contributed by atoms with Crippen LogP contribution in [0, 0.1) is 0 Å². The molecule has 0 unspecified atom stereocenters. The van der Waals surface area contributed by atoms with Crippen LogP contribution in [0.2, 0.25) is 0 Å². The average molecular weight is 261 g/mol. The van der Waals surface area contributed by atoms with Gasteiger partial charge in [-0.1, -0.05) is 36.0 Å². The molecule has 4 heteroatoms. The maximum absolute atomic E-state index is 11.0. The second-order valence-corrected chi connectivity index (χ2v) is 5.36. The number of aldehydes is 1. The molecule has 0 spiro atoms. The highest BCUT2D eigenvalue weighted by molar-refractivity contribution is 8.07. The Morgan fingerprint density at radius 3 is 2.56 bits per heavy atom. The van der Waals surface area contributed by atoms with E-state index in [1.54, 1.807) is 18.2 Å². The van der Waals surface area contributed by atoms with E-state index < -0.39 is 0 Å². The van der Waals surface area contributed by atoms with Gasteiger partial charge in [0.25, 0.3) is 0 Å². The monoisotopic (exact) mass is 261 g/mol. The number of carbonyl (C=O) groups is 1. The number of benzene rings is 1. The van der Waals surface area contributed by atoms with Gasteiger partial charge in [-0.05, 0) is 13.8 Å². The summed E-state index contributed by atoms with van der Waals surface area (Å²) in [6, 6.07) is 7.05. The lowest BCUT2D eigenvalue weighted by Crippen LogP contribution is -2.11. The fourth-order valence-electron chi connectivity index (χ4n) is 1.81. The number of rotatable bonds is 2. The predicted octanol–water partition coefficient (Wildman–Crippen LogP) is 3.61. The van der Waals surface area contributed by atoms with E-state index in [2.05, 4.69) is 0 Å². The SMILES string of the molecule is CC1=C(C)N(C)/C(=C(/O)c2ccccc2C=O)S1. The van der Waals surface area contributed by atoms with Gasteiger partial charge in [-0.25, -0.2) is 0 Å². The van der Waals surface area contributed by atoms with Gasteiger partial charge in [0.1, 0.15) is 5.03 Å². The molecule has 0 aliphatic carbocycles. The maximum Gasteiger partial charge on any atom is 0.154 e. The molecule has 0 saturated carbocycles. The molecule has 2 rings (SSSR count). The Morgan fingerprint density at radius 2 is 2.00 bits per heavy atom. The van der Waals surface area contributed by atoms with Gasteiger partial charge in [0.15, 0.2) is 12.0 Å². The highest BCUT2D eigenvalue weighted by atomic mass is 32.2. The van der Waals surface area contributed by atoms with E-state index in [1.165, 1.54) is 11.8 Å². The van der Waals surface area contributed by atoms with Crippen LogP contribution in [0.4, 0.5) is 0 Å². The number of nitrogens with zero attached hydrogens (tertiary/aromatic N) is 1. The van der Waals surface area contributed by atoms with Gasteiger partial charge in [0.2, 0.25) is 0 Å². The van der Waals surface area contributed by atoms with Crippen molar-refractivity contribution >= 4 is 23.8 Å². The van der Waals surface area contributed by atoms with Crippen molar-refractivity contribution in [2.24, 2.45) is 0 Å². The molecule has 0 radical (unpaired) electrons. The molecule has 1 aromatic rings. The topological polar surface area (TPSA) is 40.5 Å². The average Bonchev–Trinajstić information content (AvgIpc) is 2.65. The zero-order valence-corrected chi connectivity index (χ0v) is 11.4. The van der Waals surface area contributed by atoms with E-state index in [1.807, 2.05) is 31.9 Å². The lowest BCUT2D eigenvalue weighted by Gasteiger charge is -2.16. The molecule has 3 nitrogen and oxygen atoms in total. The third kappa shape index (κ3) is 2.04. The number of carbonyl (C=O) groups excluding carboxylic acids is 1. The molecule has 18 heavy (non-hydrogen) atoms. The Morgan fingerprint density at radius 1 is 1.33 bits per heavy atom. The smallest absolute Gasteiger partial charge is 0.154 e. The largest absolute Gasteiger partial charge is 0.505 e. The van der Waals surface area contributed by atoms with E-state index in [-0.39, 0.29) is 5.76 Å². The fraction of sp³-hybridized carbons (Fsp3) is 0.214. The minimum absolute atomic E-state index is 0.154. The molecule has 1 aliphatic heterocycles. The summed E-state index contributed by atoms with van der Waals surface area (Å²) in [6.07, 6.45) is 0.763. The van der Waals surface area contributed by atoms with Crippen molar-refractivity contribution in [3.05, 3.63) is 51.0 Å². The molecule has 94 valence electrons. The van der Waals surface area contributed by atoms with E-state index >= 15 is 0 Å². The molecule has 0 bridgehead atoms. The maximum atomic E-state index is 11.0. The summed E-state index contributed by atoms with van der Waals surface area (Å²) in [7, 11) is 1.91. The number of allylic oxidation sites excluding steroid dienone is 2. The summed E-state index contributed by atoms with van der Waals surface area (Å²) in [5.74, 6) is 0.154. The second kappa shape index (κ2) is 4.90. The van der Waals surface area contributed by atoms with Crippen LogP contribution in [-0.2, 0) is 0 Å². The molecular formula is C14H15NO2S. The number of aliphatic hydroxyl groups is 1. The zero-order chi connectivity index (χ0) is 13.3. The molecule has 0 fully saturated rings. The minimum atomic E-state index is 0.154. The van der Waals surface area contributed by atoms with Gasteiger partial charge in [0.05, 0.1) is 0 Å². The van der Waals surface area contributed by atoms with E-state index in [9.17, 15) is 9.90 Å². The number of aliphatic hydroxyl groups excluding tert-OH is 1. The van der Waals surface area contributed by atoms with Crippen LogP contribution in [0.5, 0.6) is 0 Å². The fourth-order valence-corrected chi connectivity index (χ4v) is 2.87. The number of hydrogen-bond acceptors (Lipinski definition) is 4. The van der Waals surface area contributed by atoms with Gasteiger partial charge >= 0.3 is 0 Å². The normalized spacial score (nSPS) is 18.3. The summed E-state index contributed by atoms with van der Waals surface area (Å²) in [4.78, 5) is 14.1. The van der Waals surface area contributed by atoms with Crippen LogP contribution in [0.15, 0.2) is 39.9 Å². The van der Waals surface area contributed by atoms with Gasteiger partial charge in [0, 0.05) is 28.8 Å². The predicted molar refractivity (Wildman–Crippen MR) is 75.1 cm³/mol. The van der Waals surface area contributed by atoms with E-state index in [0.717, 1.165) is 21.9 Å². The first-order valence-corrected chi connectivity index (χ1v) is 6.44. The first-order chi connectivity index (χ1) is 8.56. The van der Waals surface area contributed by atoms with Gasteiger partial charge in [-0.2, -0.15) is 0 Å². The summed E-state index contributed by atoms with van der Waals surface area (Å²) in [6.45, 7) is 4.02. The van der Waals surface area contributed by atoms with Crippen molar-refractivity contribution in [1.82, 2.24) is 4.90 Å². The standard InChI is InChI=1S/C14H15NO2S/c1-9-10(2)18-14(15(9)3)13(17)12-7-5-4-6-11(12)8-16/h4-8,17H,1-3H3/b14-13-. The molecule has 0 saturated heterocycles. The van der Waals surface area contributed by atoms with Crippen molar-refractivity contribution in [3.8, 4) is 0 Å². The molecular weight excluding hydrogens is 246 g/mol. The Labute approximate surface area is 111 Å². The van der Waals surface area contributed by atoms with Crippen LogP contribution in [0.25, 0.3) is 5.76 Å². The van der Waals surface area contributed by atoms with Gasteiger partial charge in [-0.15, -0.1) is 0 Å². The second-order valence-electron chi connectivity index (χ2n) is 4.16. The molecule has 1 aliphatic rings. The van der Waals surface area contributed by atoms with Crippen molar-refractivity contribution in [2.45, 2.75) is 13.8 Å². The van der Waals surface area contributed by atoms with Crippen molar-refractivity contribution in [1.29, 1.82) is 0 Å². The Kier molecular flexibility index (Phi) is 3.48. The molecule has 0 atom stereocenters. The Balaban J connectivity index is 2.50. The zero-order valence-electron chi connectivity index (χ0n) is 10.6. The van der Waals surface area contributed by atoms with Crippen molar-refractivity contribution < 1.29 is 9.90 Å². The van der Waals surface area contributed by atoms with E-state index in [4.69, 9.17) is 0 Å². The molecule has 1 N–H and O–H groups in total. The van der Waals surface area contributed by atoms with Crippen LogP contribution in [0.3, 0.4) is 0 Å². The Hall–Kier alpha value is -1.68. The lowest BCUT2D eigenvalue weighted by molar-refractivity contribution is 0.112. The highest BCUT2D eigenvalue weighted by Crippen LogP contribution is 2.42. The summed E-state index contributed by atoms with van der Waals surface area (Å²) >= 11 is 1.52. The highest BCUT2D eigenvalue weighted by Gasteiger charge is 2.24.